The van der Waals surface area contributed by atoms with Gasteiger partial charge in [-0.15, -0.1) is 0 Å². The van der Waals surface area contributed by atoms with E-state index < -0.39 is 22.9 Å². The maximum Gasteiger partial charge on any atom is 0.253 e. The van der Waals surface area contributed by atoms with Crippen LogP contribution in [0.25, 0.3) is 0 Å². The Morgan fingerprint density at radius 2 is 2.23 bits per heavy atom. The van der Waals surface area contributed by atoms with E-state index in [0.29, 0.717) is 23.8 Å². The van der Waals surface area contributed by atoms with Gasteiger partial charge in [0.1, 0.15) is 18.0 Å². The summed E-state index contributed by atoms with van der Waals surface area (Å²) >= 11 is -1.85. The Morgan fingerprint density at radius 3 is 2.77 bits per heavy atom. The van der Waals surface area contributed by atoms with Crippen molar-refractivity contribution in [2.75, 3.05) is 23.9 Å². The summed E-state index contributed by atoms with van der Waals surface area (Å²) < 4.78 is 29.3. The minimum Gasteiger partial charge on any atom is -0.506 e. The molecule has 1 amide bonds. The molecule has 0 bridgehead atoms. The van der Waals surface area contributed by atoms with E-state index in [2.05, 4.69) is 17.0 Å². The molecule has 6 nitrogen and oxygen atoms in total. The second-order valence-electron chi connectivity index (χ2n) is 5.86. The number of benzene rings is 1. The molecule has 22 heavy (non-hydrogen) atoms. The zero-order valence-electron chi connectivity index (χ0n) is 12.1. The normalized spacial score (nSPS) is 28.2. The summed E-state index contributed by atoms with van der Waals surface area (Å²) in [5, 5.41) is 13.4. The van der Waals surface area contributed by atoms with Crippen LogP contribution in [0.2, 0.25) is 0 Å². The molecule has 3 rings (SSSR count). The van der Waals surface area contributed by atoms with Crippen molar-refractivity contribution in [1.29, 1.82) is 0 Å². The number of carbonyl (C=O) groups excluding carboxylic acids is 1. The number of nitrogens with zero attached hydrogens (tertiary/aromatic N) is 1. The Kier molecular flexibility index (Phi) is 4.05. The van der Waals surface area contributed by atoms with Gasteiger partial charge in [0, 0.05) is 0 Å². The van der Waals surface area contributed by atoms with E-state index in [9.17, 15) is 18.5 Å². The number of aromatic hydroxyl groups is 1. The van der Waals surface area contributed by atoms with Gasteiger partial charge in [-0.25, -0.2) is 8.60 Å². The van der Waals surface area contributed by atoms with Crippen LogP contribution in [-0.2, 0) is 22.4 Å². The van der Waals surface area contributed by atoms with Crippen LogP contribution in [0.5, 0.6) is 5.75 Å². The van der Waals surface area contributed by atoms with Crippen molar-refractivity contribution in [2.45, 2.75) is 13.3 Å². The van der Waals surface area contributed by atoms with Gasteiger partial charge in [-0.1, -0.05) is 6.92 Å². The van der Waals surface area contributed by atoms with Crippen LogP contribution in [0.4, 0.5) is 10.1 Å². The number of phenols is 1. The predicted molar refractivity (Wildman–Crippen MR) is 80.9 cm³/mol. The molecule has 0 saturated carbocycles. The maximum absolute atomic E-state index is 14.3. The van der Waals surface area contributed by atoms with Crippen molar-refractivity contribution in [3.8, 4) is 5.75 Å². The number of hydrogen-bond acceptors (Lipinski definition) is 4. The molecular weight excluding hydrogens is 309 g/mol. The highest BCUT2D eigenvalue weighted by Gasteiger charge is 2.32. The molecule has 120 valence electrons. The first kappa shape index (κ1) is 15.2. The molecule has 8 heteroatoms. The van der Waals surface area contributed by atoms with E-state index in [-0.39, 0.29) is 18.0 Å². The highest BCUT2D eigenvalue weighted by Crippen LogP contribution is 2.34. The Balaban J connectivity index is 1.85. The lowest BCUT2D eigenvalue weighted by molar-refractivity contribution is -0.117. The van der Waals surface area contributed by atoms with Gasteiger partial charge in [0.25, 0.3) is 5.91 Å². The molecule has 3 unspecified atom stereocenters. The summed E-state index contributed by atoms with van der Waals surface area (Å²) in [4.78, 5) is 11.2. The predicted octanol–water partition coefficient (Wildman–Crippen LogP) is 0.444. The monoisotopic (exact) mass is 327 g/mol. The maximum atomic E-state index is 14.3. The zero-order valence-corrected chi connectivity index (χ0v) is 13.0. The van der Waals surface area contributed by atoms with Crippen molar-refractivity contribution in [1.82, 2.24) is 10.0 Å². The SMILES string of the molecule is CC1CNCC1Cc1cc(O)c(N2CC(=O)NS2=O)c(F)c1. The summed E-state index contributed by atoms with van der Waals surface area (Å²) in [5.41, 5.74) is 0.501. The van der Waals surface area contributed by atoms with E-state index in [0.717, 1.165) is 17.4 Å². The summed E-state index contributed by atoms with van der Waals surface area (Å²) in [7, 11) is 0. The fourth-order valence-electron chi connectivity index (χ4n) is 2.98. The number of nitrogens with one attached hydrogen (secondary N) is 2. The average Bonchev–Trinajstić information content (AvgIpc) is 2.96. The van der Waals surface area contributed by atoms with Crippen LogP contribution in [0.1, 0.15) is 12.5 Å². The number of phenolic OH excluding ortho intramolecular Hbond substituents is 1. The largest absolute Gasteiger partial charge is 0.506 e. The molecule has 2 fully saturated rings. The number of carbonyl (C=O) groups is 1. The lowest BCUT2D eigenvalue weighted by atomic mass is 9.91. The van der Waals surface area contributed by atoms with Gasteiger partial charge in [-0.2, -0.15) is 0 Å². The lowest BCUT2D eigenvalue weighted by Crippen LogP contribution is -2.23. The third-order valence-corrected chi connectivity index (χ3v) is 5.33. The molecule has 0 aliphatic carbocycles. The van der Waals surface area contributed by atoms with Crippen LogP contribution in [0.3, 0.4) is 0 Å². The first-order chi connectivity index (χ1) is 10.5. The molecule has 1 aromatic rings. The van der Waals surface area contributed by atoms with Gasteiger partial charge < -0.3 is 10.4 Å². The third-order valence-electron chi connectivity index (χ3n) is 4.22. The quantitative estimate of drug-likeness (QED) is 0.753. The van der Waals surface area contributed by atoms with E-state index in [1.165, 1.54) is 12.1 Å². The van der Waals surface area contributed by atoms with E-state index in [1.807, 2.05) is 0 Å². The Bertz CT molecular complexity index is 617. The first-order valence-corrected chi connectivity index (χ1v) is 8.27. The molecule has 1 aromatic carbocycles. The highest BCUT2D eigenvalue weighted by atomic mass is 32.2. The van der Waals surface area contributed by atoms with Gasteiger partial charge >= 0.3 is 0 Å². The number of amides is 1. The average molecular weight is 327 g/mol. The number of rotatable bonds is 3. The molecule has 2 saturated heterocycles. The third kappa shape index (κ3) is 2.80. The van der Waals surface area contributed by atoms with Crippen molar-refractivity contribution in [3.63, 3.8) is 0 Å². The summed E-state index contributed by atoms with van der Waals surface area (Å²) in [6.45, 7) is 3.72. The van der Waals surface area contributed by atoms with E-state index in [1.54, 1.807) is 0 Å². The first-order valence-electron chi connectivity index (χ1n) is 7.16. The van der Waals surface area contributed by atoms with Gasteiger partial charge in [-0.05, 0) is 49.0 Å². The Labute approximate surface area is 130 Å². The topological polar surface area (TPSA) is 81.7 Å². The smallest absolute Gasteiger partial charge is 0.253 e. The van der Waals surface area contributed by atoms with Crippen LogP contribution >= 0.6 is 0 Å². The molecule has 2 aliphatic rings. The van der Waals surface area contributed by atoms with Crippen molar-refractivity contribution in [2.24, 2.45) is 11.8 Å². The minimum atomic E-state index is -1.85. The van der Waals surface area contributed by atoms with Crippen molar-refractivity contribution >= 4 is 22.8 Å². The van der Waals surface area contributed by atoms with E-state index >= 15 is 0 Å². The molecule has 0 spiro atoms. The molecule has 3 N–H and O–H groups in total. The number of halogens is 1. The molecule has 2 aliphatic heterocycles. The summed E-state index contributed by atoms with van der Waals surface area (Å²) in [6, 6.07) is 2.84. The molecule has 2 heterocycles. The summed E-state index contributed by atoms with van der Waals surface area (Å²) in [5.74, 6) is -0.532. The van der Waals surface area contributed by atoms with Crippen LogP contribution in [0.15, 0.2) is 12.1 Å². The van der Waals surface area contributed by atoms with Gasteiger partial charge in [0.05, 0.1) is 0 Å². The molecular formula is C14H18FN3O3S. The molecule has 0 radical (unpaired) electrons. The Hall–Kier alpha value is -1.67. The van der Waals surface area contributed by atoms with Crippen LogP contribution < -0.4 is 14.3 Å². The van der Waals surface area contributed by atoms with Gasteiger partial charge in [0.15, 0.2) is 5.82 Å². The number of hydrogen-bond donors (Lipinski definition) is 3. The van der Waals surface area contributed by atoms with E-state index in [4.69, 9.17) is 0 Å². The number of anilines is 1. The second kappa shape index (κ2) is 5.85. The molecule has 0 aromatic heterocycles. The summed E-state index contributed by atoms with van der Waals surface area (Å²) in [6.07, 6.45) is 0.666. The van der Waals surface area contributed by atoms with Crippen molar-refractivity contribution in [3.05, 3.63) is 23.5 Å². The Morgan fingerprint density at radius 1 is 1.45 bits per heavy atom. The van der Waals surface area contributed by atoms with Crippen LogP contribution in [0, 0.1) is 17.7 Å². The van der Waals surface area contributed by atoms with Gasteiger partial charge in [-0.3, -0.25) is 13.8 Å². The van der Waals surface area contributed by atoms with Crippen molar-refractivity contribution < 1.29 is 18.5 Å². The second-order valence-corrected chi connectivity index (χ2v) is 7.00. The standard InChI is InChI=1S/C14H18FN3O3S/c1-8-5-16-6-10(8)2-9-3-11(15)14(12(19)4-9)18-7-13(20)17-22(18)21/h3-4,8,10,16,19H,2,5-7H2,1H3,(H,17,20). The zero-order chi connectivity index (χ0) is 15.9. The molecule has 3 atom stereocenters. The highest BCUT2D eigenvalue weighted by molar-refractivity contribution is 7.85. The fourth-order valence-corrected chi connectivity index (χ4v) is 3.93. The fraction of sp³-hybridized carbons (Fsp3) is 0.500. The van der Waals surface area contributed by atoms with Gasteiger partial charge in [0.2, 0.25) is 11.2 Å². The lowest BCUT2D eigenvalue weighted by Gasteiger charge is -2.19. The van der Waals surface area contributed by atoms with Crippen LogP contribution in [-0.4, -0.2) is 34.9 Å². The minimum absolute atomic E-state index is 0.196.